The number of carbonyl (C=O) groups excluding carboxylic acids is 1. The molecular weight excluding hydrogens is 422 g/mol. The van der Waals surface area contributed by atoms with Crippen molar-refractivity contribution in [2.75, 3.05) is 29.5 Å². The number of fused-ring (bicyclic) bond motifs is 1. The molecule has 3 heterocycles. The second-order valence-corrected chi connectivity index (χ2v) is 8.05. The van der Waals surface area contributed by atoms with Crippen LogP contribution in [0.3, 0.4) is 0 Å². The second-order valence-electron chi connectivity index (χ2n) is 8.05. The van der Waals surface area contributed by atoms with Crippen molar-refractivity contribution in [1.82, 2.24) is 9.97 Å². The van der Waals surface area contributed by atoms with Gasteiger partial charge in [-0.3, -0.25) is 15.0 Å². The molecule has 0 atom stereocenters. The Balaban J connectivity index is 1.45. The first-order valence-corrected chi connectivity index (χ1v) is 11.0. The summed E-state index contributed by atoms with van der Waals surface area (Å²) in [6.07, 6.45) is 1.25. The lowest BCUT2D eigenvalue weighted by atomic mass is 9.97. The van der Waals surface area contributed by atoms with E-state index in [-0.39, 0.29) is 11.8 Å². The number of aryl methyl sites for hydroxylation is 1. The van der Waals surface area contributed by atoms with Gasteiger partial charge in [-0.2, -0.15) is 0 Å². The lowest BCUT2D eigenvalue weighted by Crippen LogP contribution is -2.33. The number of carbonyl (C=O) groups is 1. The molecule has 33 heavy (non-hydrogen) atoms. The first-order valence-electron chi connectivity index (χ1n) is 11.0. The number of benzene rings is 2. The third kappa shape index (κ3) is 3.97. The van der Waals surface area contributed by atoms with Crippen LogP contribution in [0.1, 0.15) is 23.7 Å². The van der Waals surface area contributed by atoms with Gasteiger partial charge in [0.05, 0.1) is 17.2 Å². The molecule has 0 radical (unpaired) electrons. The number of hydrogen-bond acceptors (Lipinski definition) is 7. The van der Waals surface area contributed by atoms with Crippen LogP contribution >= 0.6 is 0 Å². The third-order valence-electron chi connectivity index (χ3n) is 6.08. The van der Waals surface area contributed by atoms with Crippen molar-refractivity contribution in [1.29, 1.82) is 0 Å². The standard InChI is InChI=1S/C24H23N5O4/c1-2-18-14-22(26-23(25-18)16-6-8-19(9-7-16)29(31)32)27-11-10-20-17(15-27)4-3-5-21(20)28-12-13-33-24(28)30/h3-9,14H,2,10-13,15H2,1H3. The minimum atomic E-state index is -0.417. The van der Waals surface area contributed by atoms with Gasteiger partial charge in [-0.15, -0.1) is 0 Å². The summed E-state index contributed by atoms with van der Waals surface area (Å²) in [5.41, 5.74) is 4.95. The molecule has 0 spiro atoms. The highest BCUT2D eigenvalue weighted by atomic mass is 16.6. The Morgan fingerprint density at radius 2 is 1.94 bits per heavy atom. The summed E-state index contributed by atoms with van der Waals surface area (Å²) in [5.74, 6) is 1.38. The van der Waals surface area contributed by atoms with Crippen LogP contribution in [-0.2, 0) is 24.1 Å². The van der Waals surface area contributed by atoms with Crippen LogP contribution in [0.25, 0.3) is 11.4 Å². The van der Waals surface area contributed by atoms with E-state index in [4.69, 9.17) is 9.72 Å². The molecule has 9 nitrogen and oxygen atoms in total. The van der Waals surface area contributed by atoms with E-state index in [1.54, 1.807) is 17.0 Å². The predicted molar refractivity (Wildman–Crippen MR) is 123 cm³/mol. The van der Waals surface area contributed by atoms with Crippen molar-refractivity contribution in [3.05, 3.63) is 75.5 Å². The van der Waals surface area contributed by atoms with Gasteiger partial charge in [-0.05, 0) is 42.2 Å². The minimum absolute atomic E-state index is 0.0379. The highest BCUT2D eigenvalue weighted by Gasteiger charge is 2.29. The number of ether oxygens (including phenoxy) is 1. The molecule has 0 bridgehead atoms. The monoisotopic (exact) mass is 445 g/mol. The molecule has 2 aromatic carbocycles. The lowest BCUT2D eigenvalue weighted by molar-refractivity contribution is -0.384. The number of hydrogen-bond donors (Lipinski definition) is 0. The van der Waals surface area contributed by atoms with E-state index >= 15 is 0 Å². The molecule has 2 aliphatic heterocycles. The van der Waals surface area contributed by atoms with Crippen molar-refractivity contribution < 1.29 is 14.5 Å². The number of aromatic nitrogens is 2. The highest BCUT2D eigenvalue weighted by molar-refractivity contribution is 5.90. The number of anilines is 2. The van der Waals surface area contributed by atoms with Gasteiger partial charge in [0.2, 0.25) is 0 Å². The number of nitro benzene ring substituents is 1. The van der Waals surface area contributed by atoms with Crippen LogP contribution in [0.2, 0.25) is 0 Å². The second kappa shape index (κ2) is 8.50. The molecular formula is C24H23N5O4. The highest BCUT2D eigenvalue weighted by Crippen LogP contribution is 2.33. The molecule has 0 aliphatic carbocycles. The molecule has 1 fully saturated rings. The third-order valence-corrected chi connectivity index (χ3v) is 6.08. The van der Waals surface area contributed by atoms with Crippen molar-refractivity contribution in [2.24, 2.45) is 0 Å². The van der Waals surface area contributed by atoms with E-state index in [1.807, 2.05) is 25.1 Å². The SMILES string of the molecule is CCc1cc(N2CCc3c(cccc3N3CCOC3=O)C2)nc(-c2ccc([N+](=O)[O-])cc2)n1. The number of non-ortho nitro benzene ring substituents is 1. The summed E-state index contributed by atoms with van der Waals surface area (Å²) < 4.78 is 5.12. The molecule has 0 saturated carbocycles. The maximum atomic E-state index is 12.1. The van der Waals surface area contributed by atoms with E-state index in [0.29, 0.717) is 25.5 Å². The topological polar surface area (TPSA) is 102 Å². The maximum Gasteiger partial charge on any atom is 0.414 e. The Morgan fingerprint density at radius 1 is 1.12 bits per heavy atom. The van der Waals surface area contributed by atoms with Gasteiger partial charge in [0, 0.05) is 42.5 Å². The average Bonchev–Trinajstić information content (AvgIpc) is 3.28. The summed E-state index contributed by atoms with van der Waals surface area (Å²) >= 11 is 0. The van der Waals surface area contributed by atoms with Gasteiger partial charge in [0.1, 0.15) is 12.4 Å². The van der Waals surface area contributed by atoms with Gasteiger partial charge in [-0.1, -0.05) is 19.1 Å². The van der Waals surface area contributed by atoms with Crippen LogP contribution in [-0.4, -0.2) is 40.7 Å². The molecule has 0 N–H and O–H groups in total. The Bertz CT molecular complexity index is 1230. The van der Waals surface area contributed by atoms with Crippen LogP contribution in [0.5, 0.6) is 0 Å². The molecule has 1 saturated heterocycles. The van der Waals surface area contributed by atoms with Crippen LogP contribution in [0.4, 0.5) is 22.0 Å². The summed E-state index contributed by atoms with van der Waals surface area (Å²) in [5, 5.41) is 11.0. The summed E-state index contributed by atoms with van der Waals surface area (Å²) in [6.45, 7) is 4.46. The largest absolute Gasteiger partial charge is 0.447 e. The first-order chi connectivity index (χ1) is 16.0. The van der Waals surface area contributed by atoms with E-state index in [1.165, 1.54) is 17.7 Å². The number of rotatable bonds is 5. The summed E-state index contributed by atoms with van der Waals surface area (Å²) in [6, 6.07) is 14.4. The molecule has 9 heteroatoms. The zero-order valence-electron chi connectivity index (χ0n) is 18.2. The Morgan fingerprint density at radius 3 is 2.64 bits per heavy atom. The molecule has 1 aromatic heterocycles. The fourth-order valence-electron chi connectivity index (χ4n) is 4.34. The maximum absolute atomic E-state index is 12.1. The molecule has 5 rings (SSSR count). The van der Waals surface area contributed by atoms with Gasteiger partial charge < -0.3 is 9.64 Å². The summed E-state index contributed by atoms with van der Waals surface area (Å²) in [4.78, 5) is 36.0. The molecule has 168 valence electrons. The summed E-state index contributed by atoms with van der Waals surface area (Å²) in [7, 11) is 0. The fourth-order valence-corrected chi connectivity index (χ4v) is 4.34. The smallest absolute Gasteiger partial charge is 0.414 e. The van der Waals surface area contributed by atoms with Crippen molar-refractivity contribution in [2.45, 2.75) is 26.3 Å². The van der Waals surface area contributed by atoms with Gasteiger partial charge in [0.25, 0.3) is 5.69 Å². The van der Waals surface area contributed by atoms with Crippen LogP contribution in [0, 0.1) is 10.1 Å². The molecule has 2 aliphatic rings. The Hall–Kier alpha value is -4.01. The normalized spacial score (nSPS) is 15.4. The van der Waals surface area contributed by atoms with E-state index in [2.05, 4.69) is 16.0 Å². The van der Waals surface area contributed by atoms with E-state index in [9.17, 15) is 14.9 Å². The van der Waals surface area contributed by atoms with Gasteiger partial charge in [-0.25, -0.2) is 14.8 Å². The Kier molecular flexibility index (Phi) is 5.37. The van der Waals surface area contributed by atoms with Gasteiger partial charge in [0.15, 0.2) is 5.82 Å². The van der Waals surface area contributed by atoms with E-state index < -0.39 is 4.92 Å². The zero-order chi connectivity index (χ0) is 22.9. The molecule has 0 unspecified atom stereocenters. The number of nitrogens with zero attached hydrogens (tertiary/aromatic N) is 5. The Labute approximate surface area is 190 Å². The first kappa shape index (κ1) is 20.9. The van der Waals surface area contributed by atoms with Crippen LogP contribution < -0.4 is 9.80 Å². The predicted octanol–water partition coefficient (Wildman–Crippen LogP) is 4.13. The quantitative estimate of drug-likeness (QED) is 0.430. The average molecular weight is 445 g/mol. The number of nitro groups is 1. The van der Waals surface area contributed by atoms with Crippen molar-refractivity contribution in [3.8, 4) is 11.4 Å². The zero-order valence-corrected chi connectivity index (χ0v) is 18.2. The lowest BCUT2D eigenvalue weighted by Gasteiger charge is -2.32. The van der Waals surface area contributed by atoms with Gasteiger partial charge >= 0.3 is 6.09 Å². The number of cyclic esters (lactones) is 1. The molecule has 1 amide bonds. The van der Waals surface area contributed by atoms with Crippen molar-refractivity contribution in [3.63, 3.8) is 0 Å². The molecule has 3 aromatic rings. The number of amides is 1. The fraction of sp³-hybridized carbons (Fsp3) is 0.292. The van der Waals surface area contributed by atoms with Crippen molar-refractivity contribution >= 4 is 23.3 Å². The van der Waals surface area contributed by atoms with E-state index in [0.717, 1.165) is 47.7 Å². The van der Waals surface area contributed by atoms with Crippen LogP contribution in [0.15, 0.2) is 48.5 Å². The minimum Gasteiger partial charge on any atom is -0.447 e.